The van der Waals surface area contributed by atoms with Crippen molar-refractivity contribution in [2.75, 3.05) is 41.8 Å². The number of hydrogen-bond acceptors (Lipinski definition) is 6. The number of nitrogens with one attached hydrogen (secondary N) is 3. The lowest BCUT2D eigenvalue weighted by molar-refractivity contribution is -0.120. The highest BCUT2D eigenvalue weighted by Gasteiger charge is 2.23. The maximum absolute atomic E-state index is 12.6. The minimum atomic E-state index is -2.85. The van der Waals surface area contributed by atoms with Crippen molar-refractivity contribution in [3.63, 3.8) is 0 Å². The summed E-state index contributed by atoms with van der Waals surface area (Å²) in [6.45, 7) is 2.38. The van der Waals surface area contributed by atoms with E-state index in [9.17, 15) is 13.2 Å². The molecule has 2 saturated heterocycles. The van der Waals surface area contributed by atoms with Crippen molar-refractivity contribution in [3.05, 3.63) is 41.6 Å². The molecule has 4 rings (SSSR count). The Bertz CT molecular complexity index is 1060. The van der Waals surface area contributed by atoms with Crippen molar-refractivity contribution in [1.29, 1.82) is 0 Å². The van der Waals surface area contributed by atoms with Gasteiger partial charge in [0.05, 0.1) is 22.4 Å². The van der Waals surface area contributed by atoms with Crippen LogP contribution in [0.2, 0.25) is 5.02 Å². The second-order valence-electron chi connectivity index (χ2n) is 8.64. The first-order chi connectivity index (χ1) is 15.4. The Balaban J connectivity index is 1.42. The van der Waals surface area contributed by atoms with Crippen LogP contribution in [0.15, 0.2) is 36.5 Å². The Morgan fingerprint density at radius 3 is 2.75 bits per heavy atom. The maximum Gasteiger partial charge on any atom is 0.229 e. The van der Waals surface area contributed by atoms with Gasteiger partial charge in [-0.15, -0.1) is 0 Å². The minimum absolute atomic E-state index is 0.0251. The van der Waals surface area contributed by atoms with Crippen LogP contribution < -0.4 is 16.0 Å². The van der Waals surface area contributed by atoms with Gasteiger partial charge in [0, 0.05) is 30.5 Å². The number of piperidine rings is 1. The molecule has 0 bridgehead atoms. The zero-order valence-corrected chi connectivity index (χ0v) is 19.5. The molecule has 2 aromatic rings. The first-order valence-electron chi connectivity index (χ1n) is 11.1. The van der Waals surface area contributed by atoms with Gasteiger partial charge in [0.1, 0.15) is 15.7 Å². The van der Waals surface area contributed by atoms with Crippen LogP contribution in [0, 0.1) is 11.8 Å². The van der Waals surface area contributed by atoms with E-state index in [0.29, 0.717) is 36.1 Å². The van der Waals surface area contributed by atoms with Crippen LogP contribution in [0.25, 0.3) is 11.1 Å². The average molecular weight is 477 g/mol. The van der Waals surface area contributed by atoms with Crippen molar-refractivity contribution in [2.45, 2.75) is 25.7 Å². The molecular weight excluding hydrogens is 448 g/mol. The summed E-state index contributed by atoms with van der Waals surface area (Å²) in [6, 6.07) is 9.72. The van der Waals surface area contributed by atoms with Gasteiger partial charge in [0.15, 0.2) is 0 Å². The van der Waals surface area contributed by atoms with E-state index in [2.05, 4.69) is 20.9 Å². The molecule has 1 atom stereocenters. The molecule has 1 aromatic carbocycles. The Morgan fingerprint density at radius 1 is 1.19 bits per heavy atom. The fourth-order valence-electron chi connectivity index (χ4n) is 4.23. The third-order valence-corrected chi connectivity index (χ3v) is 8.23. The summed E-state index contributed by atoms with van der Waals surface area (Å²) < 4.78 is 23.2. The van der Waals surface area contributed by atoms with Crippen molar-refractivity contribution in [1.82, 2.24) is 10.3 Å². The molecule has 0 unspecified atom stereocenters. The number of nitrogens with zero attached hydrogens (tertiary/aromatic N) is 1. The smallest absolute Gasteiger partial charge is 0.229 e. The Labute approximate surface area is 194 Å². The molecule has 2 fully saturated rings. The number of carbonyl (C=O) groups is 1. The standard InChI is InChI=1S/C23H29ClN4O3S/c24-21-15-27-22(28-23(29)18-4-2-8-25-14-18)12-20(21)17-3-1-5-19(11-17)26-13-16-6-9-32(30,31)10-7-16/h1,3,5,11-12,15-16,18,25-26H,2,4,6-10,13-14H2,(H,27,28,29)/t18-/m1/s1. The van der Waals surface area contributed by atoms with Gasteiger partial charge >= 0.3 is 0 Å². The van der Waals surface area contributed by atoms with E-state index >= 15 is 0 Å². The minimum Gasteiger partial charge on any atom is -0.385 e. The molecule has 1 amide bonds. The van der Waals surface area contributed by atoms with Crippen molar-refractivity contribution in [2.24, 2.45) is 11.8 Å². The maximum atomic E-state index is 12.6. The van der Waals surface area contributed by atoms with Crippen LogP contribution in [-0.4, -0.2) is 50.4 Å². The molecule has 0 radical (unpaired) electrons. The van der Waals surface area contributed by atoms with Crippen molar-refractivity contribution < 1.29 is 13.2 Å². The second kappa shape index (κ2) is 10.2. The van der Waals surface area contributed by atoms with Crippen molar-refractivity contribution in [3.8, 4) is 11.1 Å². The van der Waals surface area contributed by atoms with Gasteiger partial charge < -0.3 is 16.0 Å². The number of carbonyl (C=O) groups excluding carboxylic acids is 1. The summed E-state index contributed by atoms with van der Waals surface area (Å²) in [4.78, 5) is 16.8. The van der Waals surface area contributed by atoms with E-state index < -0.39 is 9.84 Å². The SMILES string of the molecule is O=C(Nc1cc(-c2cccc(NCC3CCS(=O)(=O)CC3)c2)c(Cl)cn1)[C@@H]1CCCNC1. The van der Waals surface area contributed by atoms with Gasteiger partial charge in [-0.1, -0.05) is 23.7 Å². The summed E-state index contributed by atoms with van der Waals surface area (Å²) in [5.41, 5.74) is 2.66. The molecule has 172 valence electrons. The molecule has 1 aromatic heterocycles. The molecular formula is C23H29ClN4O3S. The lowest BCUT2D eigenvalue weighted by Crippen LogP contribution is -2.37. The van der Waals surface area contributed by atoms with Crippen LogP contribution in [0.1, 0.15) is 25.7 Å². The number of pyridine rings is 1. The van der Waals surface area contributed by atoms with Gasteiger partial charge in [-0.2, -0.15) is 0 Å². The predicted octanol–water partition coefficient (Wildman–Crippen LogP) is 3.58. The number of amides is 1. The Hall–Kier alpha value is -2.16. The first kappa shape index (κ1) is 23.0. The quantitative estimate of drug-likeness (QED) is 0.589. The van der Waals surface area contributed by atoms with Gasteiger partial charge in [0.2, 0.25) is 5.91 Å². The largest absolute Gasteiger partial charge is 0.385 e. The van der Waals surface area contributed by atoms with Gasteiger partial charge in [-0.3, -0.25) is 4.79 Å². The number of aromatic nitrogens is 1. The highest BCUT2D eigenvalue weighted by Crippen LogP contribution is 2.31. The molecule has 3 heterocycles. The van der Waals surface area contributed by atoms with Crippen LogP contribution in [-0.2, 0) is 14.6 Å². The first-order valence-corrected chi connectivity index (χ1v) is 13.3. The topological polar surface area (TPSA) is 100 Å². The summed E-state index contributed by atoms with van der Waals surface area (Å²) in [7, 11) is -2.85. The summed E-state index contributed by atoms with van der Waals surface area (Å²) in [5.74, 6) is 1.31. The normalized spacial score (nSPS) is 21.1. The van der Waals surface area contributed by atoms with E-state index in [1.54, 1.807) is 6.20 Å². The summed E-state index contributed by atoms with van der Waals surface area (Å²) in [6.07, 6.45) is 4.83. The summed E-state index contributed by atoms with van der Waals surface area (Å²) in [5, 5.41) is 10.1. The van der Waals surface area contributed by atoms with Crippen LogP contribution >= 0.6 is 11.6 Å². The molecule has 2 aliphatic rings. The molecule has 0 saturated carbocycles. The monoisotopic (exact) mass is 476 g/mol. The number of anilines is 2. The molecule has 7 nitrogen and oxygen atoms in total. The molecule has 9 heteroatoms. The van der Waals surface area contributed by atoms with Gasteiger partial charge in [-0.05, 0) is 61.9 Å². The van der Waals surface area contributed by atoms with Crippen LogP contribution in [0.4, 0.5) is 11.5 Å². The lowest BCUT2D eigenvalue weighted by Gasteiger charge is -2.22. The van der Waals surface area contributed by atoms with Gasteiger partial charge in [0.25, 0.3) is 0 Å². The second-order valence-corrected chi connectivity index (χ2v) is 11.3. The number of sulfone groups is 1. The number of halogens is 1. The van der Waals surface area contributed by atoms with E-state index in [1.807, 2.05) is 30.3 Å². The molecule has 3 N–H and O–H groups in total. The molecule has 32 heavy (non-hydrogen) atoms. The average Bonchev–Trinajstić information content (AvgIpc) is 2.80. The molecule has 0 spiro atoms. The fourth-order valence-corrected chi connectivity index (χ4v) is 6.04. The molecule has 2 aliphatic heterocycles. The van der Waals surface area contributed by atoms with Crippen LogP contribution in [0.3, 0.4) is 0 Å². The predicted molar refractivity (Wildman–Crippen MR) is 129 cm³/mol. The highest BCUT2D eigenvalue weighted by molar-refractivity contribution is 7.91. The zero-order chi connectivity index (χ0) is 22.6. The molecule has 0 aliphatic carbocycles. The zero-order valence-electron chi connectivity index (χ0n) is 17.9. The Kier molecular flexibility index (Phi) is 7.33. The van der Waals surface area contributed by atoms with Crippen molar-refractivity contribution >= 4 is 38.9 Å². The summed E-state index contributed by atoms with van der Waals surface area (Å²) >= 11 is 6.43. The lowest BCUT2D eigenvalue weighted by atomic mass is 9.99. The van der Waals surface area contributed by atoms with E-state index in [-0.39, 0.29) is 23.3 Å². The fraction of sp³-hybridized carbons (Fsp3) is 0.478. The van der Waals surface area contributed by atoms with E-state index in [4.69, 9.17) is 11.6 Å². The third kappa shape index (κ3) is 5.99. The van der Waals surface area contributed by atoms with Crippen LogP contribution in [0.5, 0.6) is 0 Å². The number of hydrogen-bond donors (Lipinski definition) is 3. The van der Waals surface area contributed by atoms with Gasteiger partial charge in [-0.25, -0.2) is 13.4 Å². The van der Waals surface area contributed by atoms with E-state index in [0.717, 1.165) is 42.7 Å². The van der Waals surface area contributed by atoms with E-state index in [1.165, 1.54) is 0 Å². The number of benzene rings is 1. The highest BCUT2D eigenvalue weighted by atomic mass is 35.5. The Morgan fingerprint density at radius 2 is 2.00 bits per heavy atom. The number of rotatable bonds is 6. The third-order valence-electron chi connectivity index (χ3n) is 6.22.